The molecule has 3 aliphatic heterocycles. The number of ether oxygens (including phenoxy) is 1. The summed E-state index contributed by atoms with van der Waals surface area (Å²) in [7, 11) is 0. The summed E-state index contributed by atoms with van der Waals surface area (Å²) in [4.78, 5) is 25.2. The molecule has 20 heavy (non-hydrogen) atoms. The fraction of sp³-hybridized carbons (Fsp3) is 0.286. The molecule has 0 saturated carbocycles. The highest BCUT2D eigenvalue weighted by Crippen LogP contribution is 2.47. The molecule has 1 saturated heterocycles. The molecule has 1 fully saturated rings. The molecular formula is C14H11N3O3. The van der Waals surface area contributed by atoms with E-state index in [4.69, 9.17) is 4.74 Å². The van der Waals surface area contributed by atoms with Crippen LogP contribution < -0.4 is 11.4 Å². The Morgan fingerprint density at radius 2 is 1.40 bits per heavy atom. The quantitative estimate of drug-likeness (QED) is 0.550. The molecule has 0 radical (unpaired) electrons. The Morgan fingerprint density at radius 1 is 0.850 bits per heavy atom. The molecule has 2 aromatic rings. The van der Waals surface area contributed by atoms with E-state index in [9.17, 15) is 9.59 Å². The molecule has 100 valence electrons. The van der Waals surface area contributed by atoms with Crippen LogP contribution in [0, 0.1) is 0 Å². The molecule has 0 amide bonds. The molecule has 6 heteroatoms. The summed E-state index contributed by atoms with van der Waals surface area (Å²) in [5, 5.41) is 0. The molecule has 4 heterocycles. The predicted octanol–water partition coefficient (Wildman–Crippen LogP) is 0.234. The van der Waals surface area contributed by atoms with Gasteiger partial charge in [-0.2, -0.15) is 0 Å². The molecule has 4 aliphatic rings. The van der Waals surface area contributed by atoms with E-state index in [0.29, 0.717) is 5.69 Å². The van der Waals surface area contributed by atoms with Gasteiger partial charge in [0.2, 0.25) is 0 Å². The summed E-state index contributed by atoms with van der Waals surface area (Å²) < 4.78 is 9.88. The van der Waals surface area contributed by atoms with Crippen LogP contribution in [-0.4, -0.2) is 26.1 Å². The first-order valence-corrected chi connectivity index (χ1v) is 6.62. The van der Waals surface area contributed by atoms with Gasteiger partial charge in [-0.25, -0.2) is 23.5 Å². The van der Waals surface area contributed by atoms with E-state index in [1.807, 2.05) is 30.4 Å². The van der Waals surface area contributed by atoms with E-state index in [1.165, 1.54) is 13.9 Å². The largest absolute Gasteiger partial charge is 0.364 e. The van der Waals surface area contributed by atoms with E-state index in [2.05, 4.69) is 0 Å². The minimum Gasteiger partial charge on any atom is -0.364 e. The van der Waals surface area contributed by atoms with Gasteiger partial charge in [-0.15, -0.1) is 0 Å². The third kappa shape index (κ3) is 1.05. The molecule has 1 aromatic carbocycles. The number of hydrogen-bond acceptors (Lipinski definition) is 3. The molecule has 0 spiro atoms. The second-order valence-electron chi connectivity index (χ2n) is 5.36. The van der Waals surface area contributed by atoms with Crippen molar-refractivity contribution in [3.63, 3.8) is 0 Å². The van der Waals surface area contributed by atoms with Crippen molar-refractivity contribution in [3.8, 4) is 5.69 Å². The van der Waals surface area contributed by atoms with Gasteiger partial charge in [0.15, 0.2) is 0 Å². The van der Waals surface area contributed by atoms with Gasteiger partial charge in [-0.05, 0) is 12.1 Å². The van der Waals surface area contributed by atoms with Crippen LogP contribution in [0.4, 0.5) is 0 Å². The first kappa shape index (κ1) is 10.4. The molecule has 2 bridgehead atoms. The molecule has 6 nitrogen and oxygen atoms in total. The van der Waals surface area contributed by atoms with Gasteiger partial charge in [-0.3, -0.25) is 0 Å². The normalized spacial score (nSPS) is 32.0. The van der Waals surface area contributed by atoms with E-state index in [0.717, 1.165) is 0 Å². The second kappa shape index (κ2) is 3.21. The van der Waals surface area contributed by atoms with E-state index >= 15 is 0 Å². The number of aromatic nitrogens is 3. The number of hydrogen-bond donors (Lipinski definition) is 0. The summed E-state index contributed by atoms with van der Waals surface area (Å²) in [6.45, 7) is 0. The van der Waals surface area contributed by atoms with Gasteiger partial charge >= 0.3 is 11.4 Å². The number of rotatable bonds is 1. The van der Waals surface area contributed by atoms with Crippen molar-refractivity contribution in [3.05, 3.63) is 63.5 Å². The highest BCUT2D eigenvalue weighted by Gasteiger charge is 2.58. The highest BCUT2D eigenvalue weighted by molar-refractivity contribution is 5.32. The maximum atomic E-state index is 12.6. The van der Waals surface area contributed by atoms with Crippen molar-refractivity contribution in [1.82, 2.24) is 13.9 Å². The first-order chi connectivity index (χ1) is 9.77. The van der Waals surface area contributed by atoms with Crippen LogP contribution >= 0.6 is 0 Å². The highest BCUT2D eigenvalue weighted by atomic mass is 16.6. The Kier molecular flexibility index (Phi) is 1.68. The zero-order valence-corrected chi connectivity index (χ0v) is 10.4. The van der Waals surface area contributed by atoms with E-state index < -0.39 is 0 Å². The summed E-state index contributed by atoms with van der Waals surface area (Å²) in [5.74, 6) is 0. The summed E-state index contributed by atoms with van der Waals surface area (Å²) in [5.41, 5.74) is 0.00916. The Labute approximate surface area is 113 Å². The van der Waals surface area contributed by atoms with Gasteiger partial charge in [0.25, 0.3) is 0 Å². The standard InChI is InChI=1S/C14H11N3O3/c18-13-15(8-4-2-1-3-5-8)14(19)17-10-7-6-9(16(13)17)11-12(10)20-11/h1-7,9-12H/t9-,10+,11?,12?. The maximum absolute atomic E-state index is 12.6. The lowest BCUT2D eigenvalue weighted by molar-refractivity contribution is 0.297. The Bertz CT molecular complexity index is 809. The van der Waals surface area contributed by atoms with Gasteiger partial charge in [0.1, 0.15) is 24.3 Å². The topological polar surface area (TPSA) is 61.5 Å². The van der Waals surface area contributed by atoms with Gasteiger partial charge in [0, 0.05) is 0 Å². The number of benzene rings is 1. The van der Waals surface area contributed by atoms with Crippen molar-refractivity contribution in [2.45, 2.75) is 24.3 Å². The van der Waals surface area contributed by atoms with Crippen LogP contribution in [-0.2, 0) is 4.74 Å². The van der Waals surface area contributed by atoms with Crippen LogP contribution in [0.5, 0.6) is 0 Å². The van der Waals surface area contributed by atoms with E-state index in [1.54, 1.807) is 12.1 Å². The lowest BCUT2D eigenvalue weighted by atomic mass is 9.96. The average Bonchev–Trinajstić information content (AvgIpc) is 3.25. The van der Waals surface area contributed by atoms with Crippen molar-refractivity contribution in [2.75, 3.05) is 0 Å². The molecule has 0 N–H and O–H groups in total. The summed E-state index contributed by atoms with van der Waals surface area (Å²) >= 11 is 0. The van der Waals surface area contributed by atoms with Gasteiger partial charge < -0.3 is 4.74 Å². The monoisotopic (exact) mass is 269 g/mol. The second-order valence-corrected chi connectivity index (χ2v) is 5.36. The van der Waals surface area contributed by atoms with Crippen LogP contribution in [0.1, 0.15) is 12.1 Å². The fourth-order valence-corrected chi connectivity index (χ4v) is 3.39. The van der Waals surface area contributed by atoms with Crippen molar-refractivity contribution in [1.29, 1.82) is 0 Å². The average molecular weight is 269 g/mol. The fourth-order valence-electron chi connectivity index (χ4n) is 3.39. The van der Waals surface area contributed by atoms with Crippen molar-refractivity contribution in [2.24, 2.45) is 0 Å². The van der Waals surface area contributed by atoms with Crippen LogP contribution in [0.15, 0.2) is 52.1 Å². The Balaban J connectivity index is 1.84. The van der Waals surface area contributed by atoms with Crippen LogP contribution in [0.3, 0.4) is 0 Å². The molecule has 1 aromatic heterocycles. The lowest BCUT2D eigenvalue weighted by Crippen LogP contribution is -2.43. The molecule has 1 aliphatic carbocycles. The van der Waals surface area contributed by atoms with Gasteiger partial charge in [0.05, 0.1) is 5.69 Å². The molecule has 4 atom stereocenters. The van der Waals surface area contributed by atoms with Crippen molar-refractivity contribution >= 4 is 0 Å². The summed E-state index contributed by atoms with van der Waals surface area (Å²) in [6, 6.07) is 8.71. The van der Waals surface area contributed by atoms with Crippen LogP contribution in [0.25, 0.3) is 5.69 Å². The molecular weight excluding hydrogens is 258 g/mol. The molecule has 6 rings (SSSR count). The third-order valence-electron chi connectivity index (χ3n) is 4.33. The van der Waals surface area contributed by atoms with E-state index in [-0.39, 0.29) is 35.7 Å². The zero-order chi connectivity index (χ0) is 13.4. The first-order valence-electron chi connectivity index (χ1n) is 6.62. The number of epoxide rings is 1. The van der Waals surface area contributed by atoms with Crippen LogP contribution in [0.2, 0.25) is 0 Å². The zero-order valence-electron chi connectivity index (χ0n) is 10.4. The predicted molar refractivity (Wildman–Crippen MR) is 70.2 cm³/mol. The summed E-state index contributed by atoms with van der Waals surface area (Å²) in [6.07, 6.45) is 4.03. The Morgan fingerprint density at radius 3 is 1.95 bits per heavy atom. The molecule has 2 unspecified atom stereocenters. The third-order valence-corrected chi connectivity index (χ3v) is 4.33. The van der Waals surface area contributed by atoms with Gasteiger partial charge in [-0.1, -0.05) is 30.4 Å². The maximum Gasteiger partial charge on any atom is 0.352 e. The SMILES string of the molecule is O=c1n(-c2ccccc2)c(=O)n2n1[C@@H]1C=C[C@H]2C2OC21. The smallest absolute Gasteiger partial charge is 0.352 e. The lowest BCUT2D eigenvalue weighted by Gasteiger charge is -2.29. The van der Waals surface area contributed by atoms with Crippen molar-refractivity contribution < 1.29 is 4.74 Å². The Hall–Kier alpha value is -2.34. The minimum atomic E-state index is -0.297. The minimum absolute atomic E-state index is 0.0497. The number of para-hydroxylation sites is 1. The number of nitrogens with zero attached hydrogens (tertiary/aromatic N) is 3.